The lowest BCUT2D eigenvalue weighted by molar-refractivity contribution is 0.0970. The number of rotatable bonds is 5. The summed E-state index contributed by atoms with van der Waals surface area (Å²) in [7, 11) is 0. The van der Waals surface area contributed by atoms with E-state index >= 15 is 0 Å². The molecule has 0 saturated heterocycles. The Morgan fingerprint density at radius 1 is 1.17 bits per heavy atom. The molecule has 1 aromatic heterocycles. The Labute approximate surface area is 141 Å². The van der Waals surface area contributed by atoms with Gasteiger partial charge in [-0.1, -0.05) is 17.7 Å². The van der Waals surface area contributed by atoms with Crippen LogP contribution in [0.3, 0.4) is 0 Å². The summed E-state index contributed by atoms with van der Waals surface area (Å²) in [5, 5.41) is 3.85. The van der Waals surface area contributed by atoms with Gasteiger partial charge in [0.15, 0.2) is 5.78 Å². The maximum atomic E-state index is 12.7. The van der Waals surface area contributed by atoms with Gasteiger partial charge in [0, 0.05) is 22.0 Å². The molecule has 1 heterocycles. The van der Waals surface area contributed by atoms with Gasteiger partial charge in [0.1, 0.15) is 0 Å². The number of halogens is 1. The van der Waals surface area contributed by atoms with E-state index in [-0.39, 0.29) is 11.6 Å². The lowest BCUT2D eigenvalue weighted by Crippen LogP contribution is -2.27. The monoisotopic (exact) mass is 332 g/mol. The van der Waals surface area contributed by atoms with Crippen LogP contribution in [0.1, 0.15) is 51.5 Å². The molecule has 2 aromatic rings. The van der Waals surface area contributed by atoms with Gasteiger partial charge in [0.2, 0.25) is 5.78 Å². The number of H-pyrrole nitrogens is 1. The van der Waals surface area contributed by atoms with E-state index in [1.807, 2.05) is 25.1 Å². The predicted octanol–water partition coefficient (Wildman–Crippen LogP) is 4.48. The first kappa shape index (κ1) is 17.3. The molecule has 23 heavy (non-hydrogen) atoms. The van der Waals surface area contributed by atoms with Gasteiger partial charge >= 0.3 is 0 Å². The third-order valence-corrected chi connectivity index (χ3v) is 4.48. The van der Waals surface area contributed by atoms with Gasteiger partial charge in [-0.25, -0.2) is 0 Å². The van der Waals surface area contributed by atoms with E-state index < -0.39 is 6.04 Å². The molecule has 0 aliphatic rings. The molecule has 0 unspecified atom stereocenters. The van der Waals surface area contributed by atoms with Crippen molar-refractivity contribution in [3.8, 4) is 0 Å². The van der Waals surface area contributed by atoms with Crippen LogP contribution in [0.15, 0.2) is 18.2 Å². The molecule has 2 rings (SSSR count). The number of nitrogens with one attached hydrogen (secondary N) is 2. The number of carbonyl (C=O) groups is 2. The van der Waals surface area contributed by atoms with Crippen LogP contribution in [0.2, 0.25) is 5.02 Å². The van der Waals surface area contributed by atoms with Crippen molar-refractivity contribution in [2.24, 2.45) is 0 Å². The minimum Gasteiger partial charge on any atom is -0.375 e. The largest absolute Gasteiger partial charge is 0.375 e. The van der Waals surface area contributed by atoms with Gasteiger partial charge in [0.05, 0.1) is 11.7 Å². The van der Waals surface area contributed by atoms with Gasteiger partial charge in [0.25, 0.3) is 0 Å². The fourth-order valence-corrected chi connectivity index (χ4v) is 2.98. The fourth-order valence-electron chi connectivity index (χ4n) is 2.80. The Hall–Kier alpha value is -2.07. The second-order valence-corrected chi connectivity index (χ2v) is 6.23. The summed E-state index contributed by atoms with van der Waals surface area (Å²) in [6.45, 7) is 8.81. The van der Waals surface area contributed by atoms with Gasteiger partial charge in [-0.2, -0.15) is 0 Å². The van der Waals surface area contributed by atoms with E-state index in [1.54, 1.807) is 20.8 Å². The highest BCUT2D eigenvalue weighted by molar-refractivity contribution is 6.31. The third-order valence-electron chi connectivity index (χ3n) is 4.07. The van der Waals surface area contributed by atoms with Crippen LogP contribution in [-0.2, 0) is 0 Å². The Morgan fingerprint density at radius 3 is 2.39 bits per heavy atom. The maximum absolute atomic E-state index is 12.7. The number of hydrogen-bond acceptors (Lipinski definition) is 3. The van der Waals surface area contributed by atoms with Crippen molar-refractivity contribution in [2.75, 3.05) is 5.32 Å². The molecular weight excluding hydrogens is 312 g/mol. The average molecular weight is 333 g/mol. The minimum absolute atomic E-state index is 0.0402. The van der Waals surface area contributed by atoms with Crippen LogP contribution in [0, 0.1) is 20.8 Å². The first-order valence-electron chi connectivity index (χ1n) is 7.50. The van der Waals surface area contributed by atoms with E-state index in [4.69, 9.17) is 11.6 Å². The van der Waals surface area contributed by atoms with Crippen molar-refractivity contribution in [1.82, 2.24) is 4.98 Å². The van der Waals surface area contributed by atoms with Crippen LogP contribution in [0.5, 0.6) is 0 Å². The first-order valence-corrected chi connectivity index (χ1v) is 7.87. The molecule has 0 spiro atoms. The number of aryl methyl sites for hydroxylation is 1. The molecule has 0 radical (unpaired) electrons. The summed E-state index contributed by atoms with van der Waals surface area (Å²) >= 11 is 6.11. The van der Waals surface area contributed by atoms with Crippen molar-refractivity contribution in [3.63, 3.8) is 0 Å². The second kappa shape index (κ2) is 6.59. The van der Waals surface area contributed by atoms with Crippen LogP contribution in [0.4, 0.5) is 5.69 Å². The first-order chi connectivity index (χ1) is 10.7. The van der Waals surface area contributed by atoms with Gasteiger partial charge in [-0.15, -0.1) is 0 Å². The number of benzene rings is 1. The number of aromatic amines is 1. The van der Waals surface area contributed by atoms with Crippen molar-refractivity contribution in [2.45, 2.75) is 40.7 Å². The number of anilines is 1. The van der Waals surface area contributed by atoms with Crippen LogP contribution in [0.25, 0.3) is 0 Å². The zero-order valence-electron chi connectivity index (χ0n) is 14.0. The summed E-state index contributed by atoms with van der Waals surface area (Å²) in [6.07, 6.45) is 0. The summed E-state index contributed by atoms with van der Waals surface area (Å²) < 4.78 is 0. The van der Waals surface area contributed by atoms with Crippen LogP contribution in [-0.4, -0.2) is 22.6 Å². The van der Waals surface area contributed by atoms with Gasteiger partial charge in [-0.3, -0.25) is 9.59 Å². The van der Waals surface area contributed by atoms with Crippen molar-refractivity contribution in [1.29, 1.82) is 0 Å². The highest BCUT2D eigenvalue weighted by Crippen LogP contribution is 2.25. The maximum Gasteiger partial charge on any atom is 0.201 e. The van der Waals surface area contributed by atoms with Gasteiger partial charge in [-0.05, 0) is 57.9 Å². The van der Waals surface area contributed by atoms with Crippen LogP contribution < -0.4 is 5.32 Å². The zero-order chi connectivity index (χ0) is 17.3. The Morgan fingerprint density at radius 2 is 1.83 bits per heavy atom. The van der Waals surface area contributed by atoms with E-state index in [2.05, 4.69) is 10.3 Å². The number of aromatic nitrogens is 1. The van der Waals surface area contributed by atoms with E-state index in [1.165, 1.54) is 6.92 Å². The smallest absolute Gasteiger partial charge is 0.201 e. The topological polar surface area (TPSA) is 62.0 Å². The molecule has 5 heteroatoms. The fraction of sp³-hybridized carbons (Fsp3) is 0.333. The molecule has 122 valence electrons. The van der Waals surface area contributed by atoms with E-state index in [0.717, 1.165) is 16.9 Å². The van der Waals surface area contributed by atoms with Gasteiger partial charge < -0.3 is 10.3 Å². The lowest BCUT2D eigenvalue weighted by Gasteiger charge is -2.16. The summed E-state index contributed by atoms with van der Waals surface area (Å²) in [5.41, 5.74) is 4.23. The van der Waals surface area contributed by atoms with E-state index in [9.17, 15) is 9.59 Å². The molecule has 0 bridgehead atoms. The molecule has 0 amide bonds. The molecule has 0 aliphatic carbocycles. The molecular formula is C18H21ClN2O2. The van der Waals surface area contributed by atoms with Crippen molar-refractivity contribution in [3.05, 3.63) is 51.3 Å². The molecule has 1 atom stereocenters. The summed E-state index contributed by atoms with van der Waals surface area (Å²) in [6, 6.07) is 5.10. The van der Waals surface area contributed by atoms with Crippen LogP contribution >= 0.6 is 11.6 Å². The van der Waals surface area contributed by atoms with Crippen molar-refractivity contribution >= 4 is 28.9 Å². The standard InChI is InChI=1S/C18H21ClN2O2/c1-9-14(19)7-6-8-15(9)20-12(4)18(23)17-10(2)16(13(5)22)11(3)21-17/h6-8,12,20-21H,1-5H3/t12-/m1/s1. The van der Waals surface area contributed by atoms with Crippen molar-refractivity contribution < 1.29 is 9.59 Å². The number of ketones is 2. The highest BCUT2D eigenvalue weighted by Gasteiger charge is 2.23. The number of carbonyl (C=O) groups excluding carboxylic acids is 2. The number of hydrogen-bond donors (Lipinski definition) is 2. The number of Topliss-reactive ketones (excluding diaryl/α,β-unsaturated/α-hetero) is 2. The normalized spacial score (nSPS) is 12.1. The minimum atomic E-state index is -0.441. The third kappa shape index (κ3) is 3.32. The zero-order valence-corrected chi connectivity index (χ0v) is 14.8. The van der Waals surface area contributed by atoms with E-state index in [0.29, 0.717) is 21.8 Å². The SMILES string of the molecule is CC(=O)c1c(C)[nH]c(C(=O)[C@@H](C)Nc2cccc(Cl)c2C)c1C. The lowest BCUT2D eigenvalue weighted by atomic mass is 10.0. The highest BCUT2D eigenvalue weighted by atomic mass is 35.5. The molecule has 4 nitrogen and oxygen atoms in total. The second-order valence-electron chi connectivity index (χ2n) is 5.82. The molecule has 1 aromatic carbocycles. The summed E-state index contributed by atoms with van der Waals surface area (Å²) in [4.78, 5) is 27.5. The quantitative estimate of drug-likeness (QED) is 0.793. The summed E-state index contributed by atoms with van der Waals surface area (Å²) in [5.74, 6) is -0.126. The Balaban J connectivity index is 2.29. The Kier molecular flexibility index (Phi) is 4.95. The molecule has 0 aliphatic heterocycles. The Bertz CT molecular complexity index is 778. The predicted molar refractivity (Wildman–Crippen MR) is 93.9 cm³/mol. The molecule has 0 fully saturated rings. The average Bonchev–Trinajstić information content (AvgIpc) is 2.78. The molecule has 2 N–H and O–H groups in total. The molecule has 0 saturated carbocycles.